The monoisotopic (exact) mass is 308 g/mol. The molecular formula is C14H20N4S2. The minimum atomic E-state index is 0.530. The fourth-order valence-electron chi connectivity index (χ4n) is 2.83. The standard InChI is InChI=1S/C14H20N4S2/c1-8-5-3-4-6-10(8)17-14-12(13(15)18-20-14)11-7-19-9(2)16-11/h7-8,10,17H,3-6H2,1-2H3,(H2,15,18). The molecular weight excluding hydrogens is 288 g/mol. The zero-order valence-electron chi connectivity index (χ0n) is 11.8. The van der Waals surface area contributed by atoms with Crippen molar-refractivity contribution in [1.29, 1.82) is 0 Å². The third kappa shape index (κ3) is 2.67. The van der Waals surface area contributed by atoms with E-state index in [1.807, 2.05) is 6.92 Å². The Hall–Kier alpha value is -1.14. The molecule has 0 aliphatic heterocycles. The molecule has 1 fully saturated rings. The van der Waals surface area contributed by atoms with Crippen LogP contribution in [-0.2, 0) is 0 Å². The zero-order chi connectivity index (χ0) is 14.1. The summed E-state index contributed by atoms with van der Waals surface area (Å²) in [4.78, 5) is 4.55. The van der Waals surface area contributed by atoms with Gasteiger partial charge in [0.05, 0.1) is 16.3 Å². The first-order valence-corrected chi connectivity index (χ1v) is 8.74. The van der Waals surface area contributed by atoms with E-state index in [1.54, 1.807) is 11.3 Å². The summed E-state index contributed by atoms with van der Waals surface area (Å²) >= 11 is 3.10. The molecule has 0 bridgehead atoms. The lowest BCUT2D eigenvalue weighted by Gasteiger charge is -2.29. The van der Waals surface area contributed by atoms with Crippen LogP contribution in [0.1, 0.15) is 37.6 Å². The van der Waals surface area contributed by atoms with Gasteiger partial charge in [-0.2, -0.15) is 4.37 Å². The number of anilines is 2. The maximum atomic E-state index is 6.05. The quantitative estimate of drug-likeness (QED) is 0.894. The average molecular weight is 308 g/mol. The highest BCUT2D eigenvalue weighted by Gasteiger charge is 2.24. The highest BCUT2D eigenvalue weighted by Crippen LogP contribution is 2.39. The smallest absolute Gasteiger partial charge is 0.148 e. The lowest BCUT2D eigenvalue weighted by atomic mass is 9.86. The van der Waals surface area contributed by atoms with E-state index in [2.05, 4.69) is 27.0 Å². The van der Waals surface area contributed by atoms with Crippen molar-refractivity contribution in [2.75, 3.05) is 11.1 Å². The van der Waals surface area contributed by atoms with Gasteiger partial charge >= 0.3 is 0 Å². The Kier molecular flexibility index (Phi) is 3.94. The van der Waals surface area contributed by atoms with E-state index in [1.165, 1.54) is 37.2 Å². The Morgan fingerprint density at radius 1 is 1.35 bits per heavy atom. The van der Waals surface area contributed by atoms with Crippen LogP contribution in [0.25, 0.3) is 11.3 Å². The van der Waals surface area contributed by atoms with Gasteiger partial charge in [-0.3, -0.25) is 0 Å². The summed E-state index contributed by atoms with van der Waals surface area (Å²) in [5.41, 5.74) is 7.98. The first kappa shape index (κ1) is 13.8. The molecule has 2 aromatic heterocycles. The van der Waals surface area contributed by atoms with Gasteiger partial charge in [-0.15, -0.1) is 11.3 Å². The van der Waals surface area contributed by atoms with Crippen LogP contribution in [0.3, 0.4) is 0 Å². The fraction of sp³-hybridized carbons (Fsp3) is 0.571. The predicted molar refractivity (Wildman–Crippen MR) is 87.4 cm³/mol. The number of hydrogen-bond acceptors (Lipinski definition) is 6. The lowest BCUT2D eigenvalue weighted by Crippen LogP contribution is -2.30. The van der Waals surface area contributed by atoms with Gasteiger partial charge < -0.3 is 11.1 Å². The summed E-state index contributed by atoms with van der Waals surface area (Å²) < 4.78 is 4.31. The molecule has 3 rings (SSSR count). The maximum Gasteiger partial charge on any atom is 0.148 e. The first-order valence-electron chi connectivity index (χ1n) is 7.09. The third-order valence-electron chi connectivity index (χ3n) is 4.02. The number of aryl methyl sites for hydroxylation is 1. The van der Waals surface area contributed by atoms with E-state index >= 15 is 0 Å². The number of nitrogens with two attached hydrogens (primary N) is 1. The Balaban J connectivity index is 1.87. The summed E-state index contributed by atoms with van der Waals surface area (Å²) in [6, 6.07) is 0.530. The molecule has 2 atom stereocenters. The van der Waals surface area contributed by atoms with E-state index in [0.717, 1.165) is 21.3 Å². The van der Waals surface area contributed by atoms with E-state index in [4.69, 9.17) is 5.73 Å². The molecule has 4 nitrogen and oxygen atoms in total. The Labute approximate surface area is 127 Å². The lowest BCUT2D eigenvalue weighted by molar-refractivity contribution is 0.350. The van der Waals surface area contributed by atoms with Crippen LogP contribution in [0.5, 0.6) is 0 Å². The van der Waals surface area contributed by atoms with E-state index in [-0.39, 0.29) is 0 Å². The Morgan fingerprint density at radius 2 is 2.15 bits per heavy atom. The Morgan fingerprint density at radius 3 is 2.85 bits per heavy atom. The normalized spacial score (nSPS) is 22.9. The van der Waals surface area contributed by atoms with Crippen molar-refractivity contribution >= 4 is 33.7 Å². The molecule has 6 heteroatoms. The minimum Gasteiger partial charge on any atom is -0.382 e. The average Bonchev–Trinajstić information content (AvgIpc) is 2.99. The van der Waals surface area contributed by atoms with Crippen molar-refractivity contribution in [3.8, 4) is 11.3 Å². The molecule has 0 spiro atoms. The molecule has 0 saturated heterocycles. The van der Waals surface area contributed by atoms with Gasteiger partial charge in [0.15, 0.2) is 0 Å². The molecule has 1 aliphatic rings. The van der Waals surface area contributed by atoms with Crippen molar-refractivity contribution in [3.63, 3.8) is 0 Å². The SMILES string of the molecule is Cc1nc(-c2c(N)nsc2NC2CCCCC2C)cs1. The van der Waals surface area contributed by atoms with Gasteiger partial charge in [-0.1, -0.05) is 19.8 Å². The molecule has 1 saturated carbocycles. The number of nitrogen functional groups attached to an aromatic ring is 1. The third-order valence-corrected chi connectivity index (χ3v) is 5.59. The van der Waals surface area contributed by atoms with E-state index in [0.29, 0.717) is 17.8 Å². The molecule has 108 valence electrons. The van der Waals surface area contributed by atoms with Crippen molar-refractivity contribution < 1.29 is 0 Å². The number of aromatic nitrogens is 2. The molecule has 2 heterocycles. The number of thiazole rings is 1. The van der Waals surface area contributed by atoms with Gasteiger partial charge in [0.1, 0.15) is 10.8 Å². The minimum absolute atomic E-state index is 0.530. The van der Waals surface area contributed by atoms with Crippen LogP contribution in [0, 0.1) is 12.8 Å². The fourth-order valence-corrected chi connectivity index (χ4v) is 4.22. The van der Waals surface area contributed by atoms with Crippen LogP contribution in [0.2, 0.25) is 0 Å². The molecule has 20 heavy (non-hydrogen) atoms. The summed E-state index contributed by atoms with van der Waals surface area (Å²) in [6.45, 7) is 4.34. The summed E-state index contributed by atoms with van der Waals surface area (Å²) in [5.74, 6) is 1.29. The van der Waals surface area contributed by atoms with Crippen LogP contribution < -0.4 is 11.1 Å². The van der Waals surface area contributed by atoms with Crippen molar-refractivity contribution in [1.82, 2.24) is 9.36 Å². The van der Waals surface area contributed by atoms with E-state index in [9.17, 15) is 0 Å². The van der Waals surface area contributed by atoms with Gasteiger partial charge in [0, 0.05) is 11.4 Å². The summed E-state index contributed by atoms with van der Waals surface area (Å²) in [6.07, 6.45) is 5.19. The molecule has 1 aliphatic carbocycles. The van der Waals surface area contributed by atoms with Gasteiger partial charge in [-0.05, 0) is 37.2 Å². The second kappa shape index (κ2) is 5.69. The van der Waals surface area contributed by atoms with Gasteiger partial charge in [0.25, 0.3) is 0 Å². The van der Waals surface area contributed by atoms with E-state index < -0.39 is 0 Å². The number of nitrogens with zero attached hydrogens (tertiary/aromatic N) is 2. The highest BCUT2D eigenvalue weighted by atomic mass is 32.1. The van der Waals surface area contributed by atoms with Crippen LogP contribution in [0.15, 0.2) is 5.38 Å². The molecule has 2 aromatic rings. The highest BCUT2D eigenvalue weighted by molar-refractivity contribution is 7.11. The van der Waals surface area contributed by atoms with Crippen LogP contribution in [0.4, 0.5) is 10.8 Å². The topological polar surface area (TPSA) is 63.8 Å². The van der Waals surface area contributed by atoms with Gasteiger partial charge in [-0.25, -0.2) is 4.98 Å². The van der Waals surface area contributed by atoms with Gasteiger partial charge in [0.2, 0.25) is 0 Å². The summed E-state index contributed by atoms with van der Waals surface area (Å²) in [5, 5.41) is 7.86. The molecule has 0 radical (unpaired) electrons. The molecule has 0 amide bonds. The first-order chi connectivity index (χ1) is 9.65. The zero-order valence-corrected chi connectivity index (χ0v) is 13.5. The molecule has 0 aromatic carbocycles. The van der Waals surface area contributed by atoms with Crippen LogP contribution >= 0.6 is 22.9 Å². The second-order valence-corrected chi connectivity index (χ2v) is 7.37. The number of nitrogens with one attached hydrogen (secondary N) is 1. The summed E-state index contributed by atoms with van der Waals surface area (Å²) in [7, 11) is 0. The second-order valence-electron chi connectivity index (χ2n) is 5.54. The number of rotatable bonds is 3. The molecule has 2 unspecified atom stereocenters. The van der Waals surface area contributed by atoms with Crippen molar-refractivity contribution in [3.05, 3.63) is 10.4 Å². The maximum absolute atomic E-state index is 6.05. The molecule has 3 N–H and O–H groups in total. The van der Waals surface area contributed by atoms with Crippen molar-refractivity contribution in [2.24, 2.45) is 5.92 Å². The van der Waals surface area contributed by atoms with Crippen LogP contribution in [-0.4, -0.2) is 15.4 Å². The van der Waals surface area contributed by atoms with Crippen molar-refractivity contribution in [2.45, 2.75) is 45.6 Å². The predicted octanol–water partition coefficient (Wildman–Crippen LogP) is 4.15. The largest absolute Gasteiger partial charge is 0.382 e. The Bertz CT molecular complexity index is 590. The number of hydrogen-bond donors (Lipinski definition) is 2.